The lowest BCUT2D eigenvalue weighted by molar-refractivity contribution is 0.185. The van der Waals surface area contributed by atoms with Crippen molar-refractivity contribution in [2.75, 3.05) is 13.1 Å². The molecular formula is C15H31N3. The maximum atomic E-state index is 7.25. The van der Waals surface area contributed by atoms with Gasteiger partial charge in [0.05, 0.1) is 5.84 Å². The van der Waals surface area contributed by atoms with E-state index in [0.29, 0.717) is 5.84 Å². The Hall–Kier alpha value is -0.570. The summed E-state index contributed by atoms with van der Waals surface area (Å²) >= 11 is 0. The zero-order valence-corrected chi connectivity index (χ0v) is 12.3. The summed E-state index contributed by atoms with van der Waals surface area (Å²) in [6, 6.07) is 0.834. The molecule has 0 aliphatic heterocycles. The van der Waals surface area contributed by atoms with Gasteiger partial charge in [0, 0.05) is 12.5 Å². The fraction of sp³-hybridized carbons (Fsp3) is 0.933. The molecule has 1 aliphatic carbocycles. The van der Waals surface area contributed by atoms with Gasteiger partial charge in [0.25, 0.3) is 0 Å². The van der Waals surface area contributed by atoms with Crippen molar-refractivity contribution in [3.8, 4) is 0 Å². The fourth-order valence-electron chi connectivity index (χ4n) is 2.80. The van der Waals surface area contributed by atoms with Crippen molar-refractivity contribution in [1.82, 2.24) is 4.90 Å². The first-order valence-corrected chi connectivity index (χ1v) is 7.66. The Labute approximate surface area is 113 Å². The largest absolute Gasteiger partial charge is 0.388 e. The number of nitrogens with two attached hydrogens (primary N) is 1. The fourth-order valence-corrected chi connectivity index (χ4v) is 2.80. The highest BCUT2D eigenvalue weighted by Crippen LogP contribution is 2.24. The maximum Gasteiger partial charge on any atom is 0.0905 e. The van der Waals surface area contributed by atoms with Crippen LogP contribution in [-0.2, 0) is 0 Å². The van der Waals surface area contributed by atoms with Crippen molar-refractivity contribution in [3.63, 3.8) is 0 Å². The van der Waals surface area contributed by atoms with Crippen LogP contribution in [0.5, 0.6) is 0 Å². The van der Waals surface area contributed by atoms with Crippen molar-refractivity contribution >= 4 is 5.84 Å². The van der Waals surface area contributed by atoms with Gasteiger partial charge < -0.3 is 10.6 Å². The number of rotatable bonds is 9. The molecule has 0 aromatic heterocycles. The standard InChI is InChI=1S/C15H31N3/c1-13(2)10-12-18(14-7-3-4-8-14)11-6-5-9-15(16)17/h13-14H,3-12H2,1-2H3,(H3,16,17). The Balaban J connectivity index is 2.27. The molecule has 0 unspecified atom stereocenters. The molecule has 0 amide bonds. The molecule has 0 radical (unpaired) electrons. The zero-order valence-electron chi connectivity index (χ0n) is 12.3. The Bertz CT molecular complexity index is 232. The summed E-state index contributed by atoms with van der Waals surface area (Å²) in [4.78, 5) is 2.70. The summed E-state index contributed by atoms with van der Waals surface area (Å²) in [6.45, 7) is 7.07. The van der Waals surface area contributed by atoms with Crippen LogP contribution in [0.25, 0.3) is 0 Å². The molecule has 1 rings (SSSR count). The predicted octanol–water partition coefficient (Wildman–Crippen LogP) is 3.38. The van der Waals surface area contributed by atoms with Crippen LogP contribution in [0, 0.1) is 11.3 Å². The molecule has 1 fully saturated rings. The van der Waals surface area contributed by atoms with Crippen LogP contribution in [0.3, 0.4) is 0 Å². The molecule has 3 heteroatoms. The highest BCUT2D eigenvalue weighted by atomic mass is 15.2. The van der Waals surface area contributed by atoms with E-state index in [1.54, 1.807) is 0 Å². The van der Waals surface area contributed by atoms with Crippen LogP contribution in [0.4, 0.5) is 0 Å². The first-order chi connectivity index (χ1) is 8.59. The number of hydrogen-bond acceptors (Lipinski definition) is 2. The second kappa shape index (κ2) is 8.52. The number of unbranched alkanes of at least 4 members (excludes halogenated alkanes) is 1. The summed E-state index contributed by atoms with van der Waals surface area (Å²) in [5.41, 5.74) is 5.40. The minimum Gasteiger partial charge on any atom is -0.388 e. The molecule has 0 aromatic carbocycles. The van der Waals surface area contributed by atoms with Gasteiger partial charge in [-0.2, -0.15) is 0 Å². The van der Waals surface area contributed by atoms with Gasteiger partial charge >= 0.3 is 0 Å². The van der Waals surface area contributed by atoms with Crippen LogP contribution in [0.2, 0.25) is 0 Å². The monoisotopic (exact) mass is 253 g/mol. The number of nitrogens with one attached hydrogen (secondary N) is 1. The zero-order chi connectivity index (χ0) is 13.4. The van der Waals surface area contributed by atoms with E-state index in [9.17, 15) is 0 Å². The van der Waals surface area contributed by atoms with E-state index in [2.05, 4.69) is 18.7 Å². The van der Waals surface area contributed by atoms with Gasteiger partial charge in [0.1, 0.15) is 0 Å². The van der Waals surface area contributed by atoms with Gasteiger partial charge in [-0.3, -0.25) is 5.41 Å². The molecule has 0 spiro atoms. The van der Waals surface area contributed by atoms with Crippen molar-refractivity contribution in [3.05, 3.63) is 0 Å². The van der Waals surface area contributed by atoms with Gasteiger partial charge in [-0.25, -0.2) is 0 Å². The van der Waals surface area contributed by atoms with Gasteiger partial charge in [0.15, 0.2) is 0 Å². The van der Waals surface area contributed by atoms with E-state index in [1.165, 1.54) is 51.6 Å². The van der Waals surface area contributed by atoms with Crippen molar-refractivity contribution in [2.24, 2.45) is 11.7 Å². The summed E-state index contributed by atoms with van der Waals surface area (Å²) in [6.07, 6.45) is 9.95. The van der Waals surface area contributed by atoms with E-state index in [4.69, 9.17) is 11.1 Å². The first-order valence-electron chi connectivity index (χ1n) is 7.66. The van der Waals surface area contributed by atoms with Crippen LogP contribution in [0.15, 0.2) is 0 Å². The Morgan fingerprint density at radius 3 is 2.44 bits per heavy atom. The van der Waals surface area contributed by atoms with Crippen LogP contribution in [0.1, 0.15) is 65.2 Å². The SMILES string of the molecule is CC(C)CCN(CCCCC(=N)N)C1CCCC1. The minimum absolute atomic E-state index is 0.338. The minimum atomic E-state index is 0.338. The summed E-state index contributed by atoms with van der Waals surface area (Å²) in [7, 11) is 0. The van der Waals surface area contributed by atoms with E-state index < -0.39 is 0 Å². The lowest BCUT2D eigenvalue weighted by Gasteiger charge is -2.29. The molecule has 0 atom stereocenters. The lowest BCUT2D eigenvalue weighted by Crippen LogP contribution is -2.35. The maximum absolute atomic E-state index is 7.25. The molecule has 0 bridgehead atoms. The van der Waals surface area contributed by atoms with Gasteiger partial charge in [0.2, 0.25) is 0 Å². The number of nitrogens with zero attached hydrogens (tertiary/aromatic N) is 1. The second-order valence-corrected chi connectivity index (χ2v) is 6.14. The molecule has 1 saturated carbocycles. The molecule has 0 saturated heterocycles. The van der Waals surface area contributed by atoms with Gasteiger partial charge in [-0.1, -0.05) is 26.7 Å². The second-order valence-electron chi connectivity index (χ2n) is 6.14. The van der Waals surface area contributed by atoms with Gasteiger partial charge in [-0.15, -0.1) is 0 Å². The van der Waals surface area contributed by atoms with Crippen molar-refractivity contribution < 1.29 is 0 Å². The molecule has 0 aromatic rings. The molecule has 18 heavy (non-hydrogen) atoms. The van der Waals surface area contributed by atoms with Crippen LogP contribution >= 0.6 is 0 Å². The molecule has 0 heterocycles. The highest BCUT2D eigenvalue weighted by Gasteiger charge is 2.21. The summed E-state index contributed by atoms with van der Waals surface area (Å²) < 4.78 is 0. The molecule has 1 aliphatic rings. The van der Waals surface area contributed by atoms with Crippen LogP contribution in [-0.4, -0.2) is 29.9 Å². The van der Waals surface area contributed by atoms with Gasteiger partial charge in [-0.05, 0) is 51.1 Å². The van der Waals surface area contributed by atoms with E-state index in [-0.39, 0.29) is 0 Å². The van der Waals surface area contributed by atoms with E-state index in [0.717, 1.165) is 24.8 Å². The Morgan fingerprint density at radius 2 is 1.89 bits per heavy atom. The summed E-state index contributed by atoms with van der Waals surface area (Å²) in [5.74, 6) is 1.13. The molecular weight excluding hydrogens is 222 g/mol. The first kappa shape index (κ1) is 15.5. The normalized spacial score (nSPS) is 16.9. The number of amidine groups is 1. The third-order valence-electron chi connectivity index (χ3n) is 3.98. The molecule has 3 N–H and O–H groups in total. The predicted molar refractivity (Wildman–Crippen MR) is 79.0 cm³/mol. The van der Waals surface area contributed by atoms with E-state index in [1.807, 2.05) is 0 Å². The Kier molecular flexibility index (Phi) is 7.33. The molecule has 3 nitrogen and oxygen atoms in total. The summed E-state index contributed by atoms with van der Waals surface area (Å²) in [5, 5.41) is 7.25. The topological polar surface area (TPSA) is 53.1 Å². The molecule has 106 valence electrons. The quantitative estimate of drug-likeness (QED) is 0.376. The Morgan fingerprint density at radius 1 is 1.22 bits per heavy atom. The lowest BCUT2D eigenvalue weighted by atomic mass is 10.1. The number of hydrogen-bond donors (Lipinski definition) is 2. The third kappa shape index (κ3) is 6.39. The smallest absolute Gasteiger partial charge is 0.0905 e. The van der Waals surface area contributed by atoms with Crippen molar-refractivity contribution in [2.45, 2.75) is 71.3 Å². The average Bonchev–Trinajstić information content (AvgIpc) is 2.80. The van der Waals surface area contributed by atoms with Crippen molar-refractivity contribution in [1.29, 1.82) is 5.41 Å². The third-order valence-corrected chi connectivity index (χ3v) is 3.98. The highest BCUT2D eigenvalue weighted by molar-refractivity contribution is 5.76. The van der Waals surface area contributed by atoms with Crippen LogP contribution < -0.4 is 5.73 Å². The average molecular weight is 253 g/mol. The van der Waals surface area contributed by atoms with E-state index >= 15 is 0 Å².